The van der Waals surface area contributed by atoms with Gasteiger partial charge in [-0.1, -0.05) is 6.92 Å². The first-order valence-corrected chi connectivity index (χ1v) is 6.37. The van der Waals surface area contributed by atoms with Crippen molar-refractivity contribution in [1.82, 2.24) is 4.98 Å². The van der Waals surface area contributed by atoms with Crippen molar-refractivity contribution in [2.45, 2.75) is 39.1 Å². The van der Waals surface area contributed by atoms with E-state index in [0.29, 0.717) is 11.9 Å². The van der Waals surface area contributed by atoms with Crippen molar-refractivity contribution in [1.29, 1.82) is 0 Å². The van der Waals surface area contributed by atoms with E-state index in [4.69, 9.17) is 11.6 Å². The molecule has 0 saturated heterocycles. The zero-order chi connectivity index (χ0) is 10.6. The fourth-order valence-corrected chi connectivity index (χ4v) is 2.52. The molecule has 0 fully saturated rings. The molecule has 1 aromatic heterocycles. The SMILES string of the molecule is CCCN(c1nc(CCl)cs1)C(C)C. The molecule has 0 N–H and O–H groups in total. The summed E-state index contributed by atoms with van der Waals surface area (Å²) in [6.45, 7) is 7.63. The number of anilines is 1. The van der Waals surface area contributed by atoms with Crippen LogP contribution in [0.4, 0.5) is 5.13 Å². The van der Waals surface area contributed by atoms with Crippen molar-refractivity contribution < 1.29 is 0 Å². The minimum Gasteiger partial charge on any atom is -0.346 e. The molecule has 14 heavy (non-hydrogen) atoms. The molecule has 0 saturated carbocycles. The van der Waals surface area contributed by atoms with E-state index in [1.807, 2.05) is 5.38 Å². The Kier molecular flexibility index (Phi) is 4.69. The van der Waals surface area contributed by atoms with Gasteiger partial charge in [-0.15, -0.1) is 22.9 Å². The van der Waals surface area contributed by atoms with E-state index in [9.17, 15) is 0 Å². The maximum absolute atomic E-state index is 5.73. The quantitative estimate of drug-likeness (QED) is 0.723. The first-order chi connectivity index (χ1) is 6.69. The van der Waals surface area contributed by atoms with Crippen molar-refractivity contribution >= 4 is 28.1 Å². The van der Waals surface area contributed by atoms with Crippen LogP contribution < -0.4 is 4.90 Å². The fraction of sp³-hybridized carbons (Fsp3) is 0.700. The van der Waals surface area contributed by atoms with Crippen LogP contribution in [0.1, 0.15) is 32.9 Å². The van der Waals surface area contributed by atoms with E-state index in [-0.39, 0.29) is 0 Å². The molecule has 80 valence electrons. The van der Waals surface area contributed by atoms with Gasteiger partial charge in [0.1, 0.15) is 0 Å². The van der Waals surface area contributed by atoms with Gasteiger partial charge >= 0.3 is 0 Å². The second-order valence-corrected chi connectivity index (χ2v) is 4.65. The molecular formula is C10H17ClN2S. The summed E-state index contributed by atoms with van der Waals surface area (Å²) in [5.41, 5.74) is 0.980. The number of halogens is 1. The molecular weight excluding hydrogens is 216 g/mol. The molecule has 0 bridgehead atoms. The second kappa shape index (κ2) is 5.56. The normalized spacial score (nSPS) is 10.9. The van der Waals surface area contributed by atoms with Crippen LogP contribution in [0.15, 0.2) is 5.38 Å². The van der Waals surface area contributed by atoms with Gasteiger partial charge < -0.3 is 4.90 Å². The Labute approximate surface area is 94.9 Å². The van der Waals surface area contributed by atoms with Crippen LogP contribution in [-0.2, 0) is 5.88 Å². The van der Waals surface area contributed by atoms with Crippen molar-refractivity contribution in [2.75, 3.05) is 11.4 Å². The Morgan fingerprint density at radius 1 is 1.57 bits per heavy atom. The molecule has 0 aromatic carbocycles. The molecule has 0 radical (unpaired) electrons. The molecule has 1 heterocycles. The van der Waals surface area contributed by atoms with E-state index in [0.717, 1.165) is 23.8 Å². The minimum atomic E-state index is 0.504. The fourth-order valence-electron chi connectivity index (χ4n) is 1.31. The minimum absolute atomic E-state index is 0.504. The number of thiazole rings is 1. The summed E-state index contributed by atoms with van der Waals surface area (Å²) in [6.07, 6.45) is 1.15. The summed E-state index contributed by atoms with van der Waals surface area (Å²) >= 11 is 7.41. The Hall–Kier alpha value is -0.280. The van der Waals surface area contributed by atoms with Crippen LogP contribution >= 0.6 is 22.9 Å². The summed E-state index contributed by atoms with van der Waals surface area (Å²) < 4.78 is 0. The largest absolute Gasteiger partial charge is 0.346 e. The van der Waals surface area contributed by atoms with Crippen molar-refractivity contribution in [2.24, 2.45) is 0 Å². The lowest BCUT2D eigenvalue weighted by molar-refractivity contribution is 0.668. The molecule has 1 aromatic rings. The average molecular weight is 233 g/mol. The van der Waals surface area contributed by atoms with E-state index in [1.54, 1.807) is 11.3 Å². The first-order valence-electron chi connectivity index (χ1n) is 4.96. The number of aromatic nitrogens is 1. The van der Waals surface area contributed by atoms with E-state index >= 15 is 0 Å². The lowest BCUT2D eigenvalue weighted by Gasteiger charge is -2.25. The van der Waals surface area contributed by atoms with Gasteiger partial charge in [-0.2, -0.15) is 0 Å². The van der Waals surface area contributed by atoms with Crippen LogP contribution in [0, 0.1) is 0 Å². The second-order valence-electron chi connectivity index (χ2n) is 3.54. The third kappa shape index (κ3) is 2.85. The van der Waals surface area contributed by atoms with E-state index in [1.165, 1.54) is 0 Å². The Bertz CT molecular complexity index is 273. The Morgan fingerprint density at radius 3 is 2.71 bits per heavy atom. The lowest BCUT2D eigenvalue weighted by atomic mass is 10.3. The van der Waals surface area contributed by atoms with Crippen LogP contribution in [0.3, 0.4) is 0 Å². The third-order valence-corrected chi connectivity index (χ3v) is 3.21. The van der Waals surface area contributed by atoms with Crippen molar-refractivity contribution in [3.8, 4) is 0 Å². The highest BCUT2D eigenvalue weighted by molar-refractivity contribution is 7.13. The molecule has 2 nitrogen and oxygen atoms in total. The maximum Gasteiger partial charge on any atom is 0.185 e. The Balaban J connectivity index is 2.76. The molecule has 1 rings (SSSR count). The smallest absolute Gasteiger partial charge is 0.185 e. The molecule has 0 atom stereocenters. The number of hydrogen-bond donors (Lipinski definition) is 0. The lowest BCUT2D eigenvalue weighted by Crippen LogP contribution is -2.31. The van der Waals surface area contributed by atoms with Crippen LogP contribution in [0.2, 0.25) is 0 Å². The number of alkyl halides is 1. The molecule has 0 amide bonds. The van der Waals surface area contributed by atoms with Gasteiger partial charge in [0, 0.05) is 18.0 Å². The maximum atomic E-state index is 5.73. The monoisotopic (exact) mass is 232 g/mol. The zero-order valence-electron chi connectivity index (χ0n) is 8.96. The number of nitrogens with zero attached hydrogens (tertiary/aromatic N) is 2. The van der Waals surface area contributed by atoms with Gasteiger partial charge in [0.15, 0.2) is 5.13 Å². The van der Waals surface area contributed by atoms with Gasteiger partial charge in [0.05, 0.1) is 11.6 Å². The summed E-state index contributed by atoms with van der Waals surface area (Å²) in [4.78, 5) is 6.80. The van der Waals surface area contributed by atoms with Gasteiger partial charge in [-0.05, 0) is 20.3 Å². The van der Waals surface area contributed by atoms with Crippen LogP contribution in [-0.4, -0.2) is 17.6 Å². The van der Waals surface area contributed by atoms with E-state index < -0.39 is 0 Å². The molecule has 0 aliphatic heterocycles. The number of hydrogen-bond acceptors (Lipinski definition) is 3. The van der Waals surface area contributed by atoms with Crippen molar-refractivity contribution in [3.05, 3.63) is 11.1 Å². The van der Waals surface area contributed by atoms with Crippen LogP contribution in [0.25, 0.3) is 0 Å². The first kappa shape index (κ1) is 11.8. The van der Waals surface area contributed by atoms with Gasteiger partial charge in [0.25, 0.3) is 0 Å². The van der Waals surface area contributed by atoms with Crippen molar-refractivity contribution in [3.63, 3.8) is 0 Å². The molecule has 0 aliphatic rings. The molecule has 0 unspecified atom stereocenters. The highest BCUT2D eigenvalue weighted by Gasteiger charge is 2.12. The summed E-state index contributed by atoms with van der Waals surface area (Å²) in [5.74, 6) is 0.508. The predicted octanol–water partition coefficient (Wildman–Crippen LogP) is 3.51. The zero-order valence-corrected chi connectivity index (χ0v) is 10.5. The Morgan fingerprint density at radius 2 is 2.29 bits per heavy atom. The molecule has 0 spiro atoms. The van der Waals surface area contributed by atoms with Crippen LogP contribution in [0.5, 0.6) is 0 Å². The van der Waals surface area contributed by atoms with Gasteiger partial charge in [-0.25, -0.2) is 4.98 Å². The van der Waals surface area contributed by atoms with Gasteiger partial charge in [0.2, 0.25) is 0 Å². The molecule has 4 heteroatoms. The highest BCUT2D eigenvalue weighted by atomic mass is 35.5. The summed E-state index contributed by atoms with van der Waals surface area (Å²) in [6, 6.07) is 0.504. The number of rotatable bonds is 5. The standard InChI is InChI=1S/C10H17ClN2S/c1-4-5-13(8(2)3)10-12-9(6-11)7-14-10/h7-8H,4-6H2,1-3H3. The summed E-state index contributed by atoms with van der Waals surface area (Å²) in [5, 5.41) is 3.13. The van der Waals surface area contributed by atoms with E-state index in [2.05, 4.69) is 30.7 Å². The highest BCUT2D eigenvalue weighted by Crippen LogP contribution is 2.23. The molecule has 0 aliphatic carbocycles. The topological polar surface area (TPSA) is 16.1 Å². The predicted molar refractivity (Wildman–Crippen MR) is 64.4 cm³/mol. The van der Waals surface area contributed by atoms with Gasteiger partial charge in [-0.3, -0.25) is 0 Å². The third-order valence-electron chi connectivity index (χ3n) is 2.01. The summed E-state index contributed by atoms with van der Waals surface area (Å²) in [7, 11) is 0. The average Bonchev–Trinajstić information content (AvgIpc) is 2.61.